The summed E-state index contributed by atoms with van der Waals surface area (Å²) in [6, 6.07) is 0. The van der Waals surface area contributed by atoms with E-state index in [0.29, 0.717) is 16.7 Å². The largest absolute Gasteiger partial charge is 0.354 e. The zero-order valence-electron chi connectivity index (χ0n) is 9.40. The third-order valence-electron chi connectivity index (χ3n) is 3.77. The molecule has 6 heteroatoms. The molecule has 1 saturated heterocycles. The van der Waals surface area contributed by atoms with Crippen LogP contribution in [0.3, 0.4) is 0 Å². The van der Waals surface area contributed by atoms with Crippen LogP contribution in [0, 0.1) is 5.41 Å². The third-order valence-corrected chi connectivity index (χ3v) is 6.44. The van der Waals surface area contributed by atoms with E-state index in [9.17, 15) is 0 Å². The minimum atomic E-state index is 0.578. The summed E-state index contributed by atoms with van der Waals surface area (Å²) >= 11 is 3.94. The van der Waals surface area contributed by atoms with Gasteiger partial charge in [0, 0.05) is 35.6 Å². The molecular formula is C11H14N4S2. The molecule has 2 atom stereocenters. The van der Waals surface area contributed by atoms with Crippen LogP contribution in [0.5, 0.6) is 0 Å². The predicted octanol–water partition coefficient (Wildman–Crippen LogP) is 1.48. The average molecular weight is 266 g/mol. The Morgan fingerprint density at radius 3 is 3.35 bits per heavy atom. The van der Waals surface area contributed by atoms with Crippen molar-refractivity contribution in [3.05, 3.63) is 11.1 Å². The van der Waals surface area contributed by atoms with Gasteiger partial charge in [-0.15, -0.1) is 11.8 Å². The molecule has 4 heterocycles. The van der Waals surface area contributed by atoms with E-state index in [2.05, 4.69) is 5.32 Å². The second kappa shape index (κ2) is 3.68. The molecule has 0 amide bonds. The summed E-state index contributed by atoms with van der Waals surface area (Å²) in [6.07, 6.45) is 1.22. The molecule has 0 spiro atoms. The van der Waals surface area contributed by atoms with Crippen LogP contribution >= 0.6 is 23.5 Å². The van der Waals surface area contributed by atoms with E-state index in [-0.39, 0.29) is 0 Å². The fraction of sp³-hybridized carbons (Fsp3) is 0.636. The van der Waals surface area contributed by atoms with Gasteiger partial charge >= 0.3 is 0 Å². The number of nitrogens with one attached hydrogen (secondary N) is 2. The van der Waals surface area contributed by atoms with E-state index in [1.807, 2.05) is 28.1 Å². The number of aromatic nitrogens is 2. The van der Waals surface area contributed by atoms with E-state index in [4.69, 9.17) is 10.4 Å². The highest BCUT2D eigenvalue weighted by atomic mass is 32.2. The average Bonchev–Trinajstić information content (AvgIpc) is 2.92. The normalized spacial score (nSPS) is 29.4. The highest BCUT2D eigenvalue weighted by Crippen LogP contribution is 2.48. The van der Waals surface area contributed by atoms with Gasteiger partial charge in [0.05, 0.1) is 0 Å². The number of anilines is 1. The molecule has 1 aromatic heterocycles. The van der Waals surface area contributed by atoms with Crippen molar-refractivity contribution in [2.45, 2.75) is 29.2 Å². The van der Waals surface area contributed by atoms with Crippen molar-refractivity contribution in [3.63, 3.8) is 0 Å². The molecule has 0 aromatic carbocycles. The molecule has 1 fully saturated rings. The van der Waals surface area contributed by atoms with Gasteiger partial charge in [-0.3, -0.25) is 9.98 Å². The number of hydrogen-bond donors (Lipinski definition) is 2. The van der Waals surface area contributed by atoms with Crippen molar-refractivity contribution < 1.29 is 0 Å². The quantitative estimate of drug-likeness (QED) is 0.699. The third kappa shape index (κ3) is 1.40. The van der Waals surface area contributed by atoms with Crippen molar-refractivity contribution in [1.29, 1.82) is 5.41 Å². The first-order valence-corrected chi connectivity index (χ1v) is 8.05. The molecule has 0 saturated carbocycles. The molecule has 90 valence electrons. The second-order valence-corrected chi connectivity index (χ2v) is 7.09. The molecule has 3 aliphatic rings. The summed E-state index contributed by atoms with van der Waals surface area (Å²) < 4.78 is 2.03. The first-order valence-electron chi connectivity index (χ1n) is 6.02. The molecule has 0 radical (unpaired) electrons. The Morgan fingerprint density at radius 2 is 2.41 bits per heavy atom. The summed E-state index contributed by atoms with van der Waals surface area (Å²) in [5.74, 6) is 3.93. The first-order chi connectivity index (χ1) is 8.34. The lowest BCUT2D eigenvalue weighted by molar-refractivity contribution is 0.614. The maximum Gasteiger partial charge on any atom is 0.205 e. The highest BCUT2D eigenvalue weighted by Gasteiger charge is 2.39. The lowest BCUT2D eigenvalue weighted by atomic mass is 9.95. The molecule has 4 rings (SSSR count). The Labute approximate surface area is 108 Å². The highest BCUT2D eigenvalue weighted by molar-refractivity contribution is 8.03. The van der Waals surface area contributed by atoms with Crippen LogP contribution in [-0.4, -0.2) is 32.9 Å². The molecule has 1 aromatic rings. The van der Waals surface area contributed by atoms with Crippen LogP contribution in [-0.2, 0) is 6.54 Å². The number of fused-ring (bicyclic) bond motifs is 4. The molecule has 2 unspecified atom stereocenters. The SMILES string of the molecule is N=c1c2c(nc3n1CCN3)SC1CSCCC21. The van der Waals surface area contributed by atoms with E-state index >= 15 is 0 Å². The fourth-order valence-corrected chi connectivity index (χ4v) is 5.78. The molecule has 0 bridgehead atoms. The van der Waals surface area contributed by atoms with Crippen LogP contribution in [0.1, 0.15) is 17.9 Å². The first kappa shape index (κ1) is 10.3. The summed E-state index contributed by atoms with van der Waals surface area (Å²) in [5.41, 5.74) is 1.94. The van der Waals surface area contributed by atoms with Crippen molar-refractivity contribution >= 4 is 29.5 Å². The van der Waals surface area contributed by atoms with E-state index in [1.165, 1.54) is 23.5 Å². The van der Waals surface area contributed by atoms with Crippen molar-refractivity contribution in [1.82, 2.24) is 9.55 Å². The van der Waals surface area contributed by atoms with Gasteiger partial charge in [-0.25, -0.2) is 4.98 Å². The maximum absolute atomic E-state index is 8.39. The standard InChI is InChI=1S/C11H14N4S2/c12-9-8-6-1-4-16-5-7(6)17-10(8)14-11-13-2-3-15(9)11/h6-7,12H,1-5H2,(H,13,14). The Balaban J connectivity index is 1.90. The monoisotopic (exact) mass is 266 g/mol. The lowest BCUT2D eigenvalue weighted by Gasteiger charge is -2.23. The summed E-state index contributed by atoms with van der Waals surface area (Å²) in [6.45, 7) is 1.81. The van der Waals surface area contributed by atoms with Gasteiger partial charge in [0.15, 0.2) is 0 Å². The Morgan fingerprint density at radius 1 is 1.47 bits per heavy atom. The van der Waals surface area contributed by atoms with Crippen LogP contribution in [0.15, 0.2) is 5.03 Å². The number of thioether (sulfide) groups is 2. The molecule has 3 aliphatic heterocycles. The molecule has 17 heavy (non-hydrogen) atoms. The number of hydrogen-bond acceptors (Lipinski definition) is 5. The van der Waals surface area contributed by atoms with Crippen LogP contribution in [0.2, 0.25) is 0 Å². The summed E-state index contributed by atoms with van der Waals surface area (Å²) in [7, 11) is 0. The van der Waals surface area contributed by atoms with Crippen molar-refractivity contribution in [2.24, 2.45) is 0 Å². The van der Waals surface area contributed by atoms with Gasteiger partial charge in [-0.05, 0) is 12.2 Å². The van der Waals surface area contributed by atoms with Gasteiger partial charge in [0.2, 0.25) is 5.95 Å². The zero-order valence-corrected chi connectivity index (χ0v) is 11.0. The zero-order chi connectivity index (χ0) is 11.4. The lowest BCUT2D eigenvalue weighted by Crippen LogP contribution is -2.28. The number of rotatable bonds is 0. The Bertz CT molecular complexity index is 539. The maximum atomic E-state index is 8.39. The van der Waals surface area contributed by atoms with Gasteiger partial charge in [0.1, 0.15) is 10.5 Å². The van der Waals surface area contributed by atoms with E-state index in [0.717, 1.165) is 24.1 Å². The summed E-state index contributed by atoms with van der Waals surface area (Å²) in [4.78, 5) is 4.70. The summed E-state index contributed by atoms with van der Waals surface area (Å²) in [5, 5.41) is 13.4. The minimum Gasteiger partial charge on any atom is -0.354 e. The molecule has 0 aliphatic carbocycles. The topological polar surface area (TPSA) is 53.7 Å². The molecular weight excluding hydrogens is 252 g/mol. The Hall–Kier alpha value is -0.620. The van der Waals surface area contributed by atoms with Crippen LogP contribution in [0.4, 0.5) is 5.95 Å². The Kier molecular flexibility index (Phi) is 2.24. The van der Waals surface area contributed by atoms with Crippen molar-refractivity contribution in [2.75, 3.05) is 23.4 Å². The van der Waals surface area contributed by atoms with Gasteiger partial charge in [0.25, 0.3) is 0 Å². The molecule has 2 N–H and O–H groups in total. The fourth-order valence-electron chi connectivity index (χ4n) is 2.93. The van der Waals surface area contributed by atoms with Crippen LogP contribution < -0.4 is 10.8 Å². The van der Waals surface area contributed by atoms with Crippen molar-refractivity contribution in [3.8, 4) is 0 Å². The van der Waals surface area contributed by atoms with E-state index in [1.54, 1.807) is 0 Å². The van der Waals surface area contributed by atoms with Gasteiger partial charge in [-0.1, -0.05) is 0 Å². The van der Waals surface area contributed by atoms with E-state index < -0.39 is 0 Å². The van der Waals surface area contributed by atoms with Gasteiger partial charge in [-0.2, -0.15) is 11.8 Å². The van der Waals surface area contributed by atoms with Gasteiger partial charge < -0.3 is 5.32 Å². The minimum absolute atomic E-state index is 0.578. The van der Waals surface area contributed by atoms with Crippen LogP contribution in [0.25, 0.3) is 0 Å². The second-order valence-electron chi connectivity index (χ2n) is 4.71. The predicted molar refractivity (Wildman–Crippen MR) is 70.9 cm³/mol. The smallest absolute Gasteiger partial charge is 0.205 e. The molecule has 4 nitrogen and oxygen atoms in total. The number of nitrogens with zero attached hydrogens (tertiary/aromatic N) is 2.